The van der Waals surface area contributed by atoms with E-state index < -0.39 is 16.1 Å². The third-order valence-corrected chi connectivity index (χ3v) is 5.38. The van der Waals surface area contributed by atoms with Gasteiger partial charge in [0.2, 0.25) is 3.79 Å². The molecule has 4 atom stereocenters. The molecule has 1 saturated carbocycles. The van der Waals surface area contributed by atoms with Crippen LogP contribution in [0.2, 0.25) is 0 Å². The van der Waals surface area contributed by atoms with Gasteiger partial charge in [0.15, 0.2) is 12.0 Å². The molecule has 1 aliphatic carbocycles. The molecule has 0 bridgehead atoms. The van der Waals surface area contributed by atoms with Crippen LogP contribution in [-0.4, -0.2) is 27.3 Å². The zero-order chi connectivity index (χ0) is 19.5. The molecule has 2 N–H and O–H groups in total. The van der Waals surface area contributed by atoms with Crippen LogP contribution in [-0.2, 0) is 4.74 Å². The number of alkyl carbamates (subject to hydrolysis) is 1. The fourth-order valence-electron chi connectivity index (χ4n) is 3.32. The Morgan fingerprint density at radius 2 is 2.08 bits per heavy atom. The third-order valence-electron chi connectivity index (χ3n) is 4.73. The topological polar surface area (TPSA) is 76.4 Å². The second-order valence-electron chi connectivity index (χ2n) is 7.36. The summed E-state index contributed by atoms with van der Waals surface area (Å²) in [5.41, 5.74) is 0. The number of nitrogens with zero attached hydrogens (tertiary/aromatic N) is 1. The molecule has 9 heteroatoms. The van der Waals surface area contributed by atoms with Crippen LogP contribution < -0.4 is 10.6 Å². The number of anilines is 1. The summed E-state index contributed by atoms with van der Waals surface area (Å²) >= 11 is 18.0. The summed E-state index contributed by atoms with van der Waals surface area (Å²) in [6, 6.07) is 1.63. The van der Waals surface area contributed by atoms with Crippen molar-refractivity contribution in [3.05, 3.63) is 11.8 Å². The van der Waals surface area contributed by atoms with Gasteiger partial charge in [0.05, 0.1) is 0 Å². The van der Waals surface area contributed by atoms with Crippen molar-refractivity contribution in [3.63, 3.8) is 0 Å². The molecule has 1 amide bonds. The highest BCUT2D eigenvalue weighted by Gasteiger charge is 2.37. The minimum absolute atomic E-state index is 0.149. The van der Waals surface area contributed by atoms with Crippen LogP contribution >= 0.6 is 34.8 Å². The Labute approximate surface area is 169 Å². The first-order valence-electron chi connectivity index (χ1n) is 8.80. The van der Waals surface area contributed by atoms with Crippen LogP contribution in [0.15, 0.2) is 10.6 Å². The Kier molecular flexibility index (Phi) is 7.34. The summed E-state index contributed by atoms with van der Waals surface area (Å²) in [6.45, 7) is 8.20. The van der Waals surface area contributed by atoms with Crippen LogP contribution in [0.25, 0.3) is 0 Å². The molecule has 0 aromatic carbocycles. The van der Waals surface area contributed by atoms with E-state index in [4.69, 9.17) is 44.1 Å². The Hall–Kier alpha value is -0.850. The lowest BCUT2D eigenvalue weighted by Gasteiger charge is -2.37. The molecule has 1 fully saturated rings. The van der Waals surface area contributed by atoms with Gasteiger partial charge in [0.25, 0.3) is 0 Å². The van der Waals surface area contributed by atoms with E-state index in [1.165, 1.54) is 0 Å². The first kappa shape index (κ1) is 21.5. The maximum Gasteiger partial charge on any atom is 0.409 e. The smallest absolute Gasteiger partial charge is 0.409 e. The molecule has 1 heterocycles. The normalized spacial score (nSPS) is 25.0. The predicted octanol–water partition coefficient (Wildman–Crippen LogP) is 5.28. The highest BCUT2D eigenvalue weighted by Crippen LogP contribution is 2.36. The van der Waals surface area contributed by atoms with Gasteiger partial charge < -0.3 is 14.6 Å². The maximum absolute atomic E-state index is 12.4. The molecule has 0 aliphatic heterocycles. The molecular weight excluding hydrogens is 401 g/mol. The number of carbonyl (C=O) groups is 1. The van der Waals surface area contributed by atoms with Crippen molar-refractivity contribution in [2.24, 2.45) is 17.8 Å². The van der Waals surface area contributed by atoms with Gasteiger partial charge in [-0.1, -0.05) is 67.2 Å². The largest absolute Gasteiger partial charge is 0.446 e. The fourth-order valence-corrected chi connectivity index (χ4v) is 3.65. The summed E-state index contributed by atoms with van der Waals surface area (Å²) < 4.78 is 8.86. The predicted molar refractivity (Wildman–Crippen MR) is 104 cm³/mol. The minimum Gasteiger partial charge on any atom is -0.446 e. The fraction of sp³-hybridized carbons (Fsp3) is 0.765. The zero-order valence-electron chi connectivity index (χ0n) is 15.4. The summed E-state index contributed by atoms with van der Waals surface area (Å²) in [7, 11) is 0. The highest BCUT2D eigenvalue weighted by atomic mass is 35.6. The van der Waals surface area contributed by atoms with Crippen molar-refractivity contribution in [3.8, 4) is 0 Å². The van der Waals surface area contributed by atoms with Crippen molar-refractivity contribution in [2.45, 2.75) is 63.0 Å². The number of hydrogen-bond acceptors (Lipinski definition) is 5. The molecule has 1 aromatic rings. The number of aryl methyl sites for hydroxylation is 1. The number of alkyl halides is 3. The van der Waals surface area contributed by atoms with Gasteiger partial charge in [-0.15, -0.1) is 0 Å². The zero-order valence-corrected chi connectivity index (χ0v) is 17.7. The van der Waals surface area contributed by atoms with Crippen LogP contribution in [0, 0.1) is 24.7 Å². The lowest BCUT2D eigenvalue weighted by Crippen LogP contribution is -2.50. The van der Waals surface area contributed by atoms with E-state index in [0.717, 1.165) is 19.3 Å². The molecular formula is C17H26Cl3N3O3. The number of carbonyl (C=O) groups excluding carboxylic acids is 1. The van der Waals surface area contributed by atoms with Gasteiger partial charge in [0, 0.05) is 6.07 Å². The van der Waals surface area contributed by atoms with Gasteiger partial charge >= 0.3 is 6.09 Å². The Balaban J connectivity index is 2.01. The van der Waals surface area contributed by atoms with E-state index in [1.54, 1.807) is 13.0 Å². The number of aromatic nitrogens is 1. The van der Waals surface area contributed by atoms with E-state index in [1.807, 2.05) is 0 Å². The van der Waals surface area contributed by atoms with Gasteiger partial charge in [-0.2, -0.15) is 0 Å². The average molecular weight is 427 g/mol. The molecule has 0 spiro atoms. The van der Waals surface area contributed by atoms with Crippen molar-refractivity contribution >= 4 is 46.7 Å². The van der Waals surface area contributed by atoms with Crippen LogP contribution in [0.1, 0.15) is 45.8 Å². The van der Waals surface area contributed by atoms with Gasteiger partial charge in [-0.25, -0.2) is 4.79 Å². The van der Waals surface area contributed by atoms with Gasteiger partial charge in [0.1, 0.15) is 11.9 Å². The van der Waals surface area contributed by atoms with Gasteiger partial charge in [-0.3, -0.25) is 5.32 Å². The first-order valence-corrected chi connectivity index (χ1v) is 9.93. The number of rotatable bonds is 5. The lowest BCUT2D eigenvalue weighted by molar-refractivity contribution is 0.00533. The summed E-state index contributed by atoms with van der Waals surface area (Å²) in [6.07, 6.45) is 1.23. The second-order valence-corrected chi connectivity index (χ2v) is 9.72. The molecule has 4 unspecified atom stereocenters. The molecule has 6 nitrogen and oxygen atoms in total. The Morgan fingerprint density at radius 1 is 1.38 bits per heavy atom. The quantitative estimate of drug-likeness (QED) is 0.495. The van der Waals surface area contributed by atoms with Crippen LogP contribution in [0.5, 0.6) is 0 Å². The van der Waals surface area contributed by atoms with Gasteiger partial charge in [-0.05, 0) is 37.5 Å². The van der Waals surface area contributed by atoms with Crippen molar-refractivity contribution < 1.29 is 14.1 Å². The number of nitrogens with one attached hydrogen (secondary N) is 2. The molecule has 26 heavy (non-hydrogen) atoms. The van der Waals surface area contributed by atoms with E-state index in [9.17, 15) is 4.79 Å². The number of halogens is 3. The molecule has 1 aromatic heterocycles. The molecule has 1 aliphatic rings. The molecule has 148 valence electrons. The van der Waals surface area contributed by atoms with E-state index in [-0.39, 0.29) is 6.10 Å². The van der Waals surface area contributed by atoms with Crippen LogP contribution in [0.4, 0.5) is 10.6 Å². The molecule has 0 radical (unpaired) electrons. The summed E-state index contributed by atoms with van der Waals surface area (Å²) in [5, 5.41) is 9.21. The lowest BCUT2D eigenvalue weighted by atomic mass is 9.75. The number of amides is 1. The minimum atomic E-state index is -1.80. The number of ether oxygens (including phenoxy) is 1. The van der Waals surface area contributed by atoms with Crippen molar-refractivity contribution in [2.75, 3.05) is 5.32 Å². The molecule has 2 rings (SSSR count). The maximum atomic E-state index is 12.4. The Bertz CT molecular complexity index is 604. The third kappa shape index (κ3) is 6.10. The van der Waals surface area contributed by atoms with Crippen molar-refractivity contribution in [1.82, 2.24) is 10.5 Å². The summed E-state index contributed by atoms with van der Waals surface area (Å²) in [5.74, 6) is 2.22. The SMILES string of the molecule is Cc1cc(NC(NC(=O)OC2CC(C)CCC2C(C)C)C(Cl)(Cl)Cl)no1. The highest BCUT2D eigenvalue weighted by molar-refractivity contribution is 6.68. The van der Waals surface area contributed by atoms with E-state index in [0.29, 0.717) is 29.3 Å². The standard InChI is InChI=1S/C17H26Cl3N3O3/c1-9(2)12-6-5-10(3)7-13(12)25-16(24)22-15(17(18,19)20)21-14-8-11(4)26-23-14/h8-10,12-13,15H,5-7H2,1-4H3,(H,21,23)(H,22,24). The van der Waals surface area contributed by atoms with E-state index in [2.05, 4.69) is 36.6 Å². The Morgan fingerprint density at radius 3 is 2.62 bits per heavy atom. The van der Waals surface area contributed by atoms with E-state index >= 15 is 0 Å². The molecule has 0 saturated heterocycles. The average Bonchev–Trinajstić information content (AvgIpc) is 2.90. The monoisotopic (exact) mass is 425 g/mol. The number of hydrogen-bond donors (Lipinski definition) is 2. The second kappa shape index (κ2) is 8.89. The van der Waals surface area contributed by atoms with Crippen LogP contribution in [0.3, 0.4) is 0 Å². The summed E-state index contributed by atoms with van der Waals surface area (Å²) in [4.78, 5) is 12.4. The first-order chi connectivity index (χ1) is 12.1. The van der Waals surface area contributed by atoms with Crippen molar-refractivity contribution in [1.29, 1.82) is 0 Å².